The highest BCUT2D eigenvalue weighted by Crippen LogP contribution is 2.19. The van der Waals surface area contributed by atoms with Crippen molar-refractivity contribution >= 4 is 11.7 Å². The van der Waals surface area contributed by atoms with Gasteiger partial charge >= 0.3 is 6.03 Å². The number of nitrogens with zero attached hydrogens (tertiary/aromatic N) is 5. The summed E-state index contributed by atoms with van der Waals surface area (Å²) in [6.45, 7) is 2.35. The van der Waals surface area contributed by atoms with E-state index in [9.17, 15) is 4.79 Å². The molecule has 9 nitrogen and oxygen atoms in total. The van der Waals surface area contributed by atoms with E-state index in [-0.39, 0.29) is 12.1 Å². The summed E-state index contributed by atoms with van der Waals surface area (Å²) < 4.78 is 7.01. The van der Waals surface area contributed by atoms with Gasteiger partial charge in [-0.2, -0.15) is 0 Å². The fraction of sp³-hybridized carbons (Fsp3) is 0.294. The Labute approximate surface area is 151 Å². The maximum absolute atomic E-state index is 12.2. The van der Waals surface area contributed by atoms with Crippen LogP contribution in [0.3, 0.4) is 0 Å². The molecule has 3 aromatic rings. The monoisotopic (exact) mass is 355 g/mol. The van der Waals surface area contributed by atoms with Gasteiger partial charge in [-0.15, -0.1) is 5.10 Å². The highest BCUT2D eigenvalue weighted by Gasteiger charge is 2.17. The molecule has 2 heterocycles. The smallest absolute Gasteiger partial charge is 0.319 e. The van der Waals surface area contributed by atoms with Crippen molar-refractivity contribution in [2.75, 3.05) is 26.0 Å². The minimum absolute atomic E-state index is 0.0420. The number of likely N-dealkylation sites (N-methyl/N-ethyl adjacent to an activating group) is 1. The van der Waals surface area contributed by atoms with Crippen molar-refractivity contribution in [3.63, 3.8) is 0 Å². The van der Waals surface area contributed by atoms with Crippen LogP contribution in [0.25, 0.3) is 5.69 Å². The molecule has 1 unspecified atom stereocenters. The Morgan fingerprint density at radius 1 is 1.35 bits per heavy atom. The number of aryl methyl sites for hydroxylation is 1. The maximum atomic E-state index is 12.2. The van der Waals surface area contributed by atoms with E-state index in [2.05, 4.69) is 26.2 Å². The number of rotatable bonds is 6. The standard InChI is InChI=1S/C17H21N7O2/c1-12-9-13(6-7-14(12)24-11-19-21-22-24)20-17(25)18-10-15(23(2)3)16-5-4-8-26-16/h4-9,11,15H,10H2,1-3H3,(H2,18,20,25). The predicted octanol–water partition coefficient (Wildman–Crippen LogP) is 1.99. The number of carbonyl (C=O) groups is 1. The molecule has 2 aromatic heterocycles. The van der Waals surface area contributed by atoms with E-state index in [4.69, 9.17) is 4.42 Å². The van der Waals surface area contributed by atoms with Crippen LogP contribution < -0.4 is 10.6 Å². The van der Waals surface area contributed by atoms with Crippen molar-refractivity contribution in [3.05, 3.63) is 54.2 Å². The average Bonchev–Trinajstić information content (AvgIpc) is 3.28. The largest absolute Gasteiger partial charge is 0.468 e. The summed E-state index contributed by atoms with van der Waals surface area (Å²) >= 11 is 0. The van der Waals surface area contributed by atoms with Gasteiger partial charge in [-0.1, -0.05) is 0 Å². The quantitative estimate of drug-likeness (QED) is 0.701. The number of hydrogen-bond donors (Lipinski definition) is 2. The molecule has 136 valence electrons. The lowest BCUT2D eigenvalue weighted by atomic mass is 10.2. The van der Waals surface area contributed by atoms with Crippen molar-refractivity contribution in [1.82, 2.24) is 30.4 Å². The molecule has 1 atom stereocenters. The zero-order valence-corrected chi connectivity index (χ0v) is 14.9. The summed E-state index contributed by atoms with van der Waals surface area (Å²) in [5.74, 6) is 0.803. The van der Waals surface area contributed by atoms with E-state index in [0.717, 1.165) is 17.0 Å². The van der Waals surface area contributed by atoms with Gasteiger partial charge in [-0.05, 0) is 67.3 Å². The fourth-order valence-electron chi connectivity index (χ4n) is 2.65. The molecule has 2 amide bonds. The van der Waals surface area contributed by atoms with Gasteiger partial charge in [0.2, 0.25) is 0 Å². The number of carbonyl (C=O) groups excluding carboxylic acids is 1. The number of furan rings is 1. The first kappa shape index (κ1) is 17.6. The van der Waals surface area contributed by atoms with Crippen LogP contribution in [0.4, 0.5) is 10.5 Å². The van der Waals surface area contributed by atoms with E-state index in [1.54, 1.807) is 17.0 Å². The lowest BCUT2D eigenvalue weighted by Gasteiger charge is -2.22. The number of benzene rings is 1. The summed E-state index contributed by atoms with van der Waals surface area (Å²) in [4.78, 5) is 14.2. The van der Waals surface area contributed by atoms with Crippen LogP contribution >= 0.6 is 0 Å². The van der Waals surface area contributed by atoms with E-state index < -0.39 is 0 Å². The Balaban J connectivity index is 1.60. The molecule has 0 bridgehead atoms. The second-order valence-electron chi connectivity index (χ2n) is 6.09. The summed E-state index contributed by atoms with van der Waals surface area (Å²) in [5.41, 5.74) is 2.49. The third-order valence-electron chi connectivity index (χ3n) is 4.00. The number of hydrogen-bond acceptors (Lipinski definition) is 6. The number of tetrazole rings is 1. The van der Waals surface area contributed by atoms with Crippen molar-refractivity contribution < 1.29 is 9.21 Å². The first-order valence-electron chi connectivity index (χ1n) is 8.13. The van der Waals surface area contributed by atoms with Crippen molar-refractivity contribution in [3.8, 4) is 5.69 Å². The third-order valence-corrected chi connectivity index (χ3v) is 4.00. The second-order valence-corrected chi connectivity index (χ2v) is 6.09. The lowest BCUT2D eigenvalue weighted by Crippen LogP contribution is -2.36. The zero-order chi connectivity index (χ0) is 18.5. The van der Waals surface area contributed by atoms with Crippen LogP contribution in [0.15, 0.2) is 47.3 Å². The average molecular weight is 355 g/mol. The molecule has 0 aliphatic rings. The molecule has 0 aliphatic carbocycles. The minimum atomic E-state index is -0.280. The topological polar surface area (TPSA) is 101 Å². The van der Waals surface area contributed by atoms with Crippen LogP contribution in [-0.4, -0.2) is 51.8 Å². The lowest BCUT2D eigenvalue weighted by molar-refractivity contribution is 0.233. The molecule has 0 saturated heterocycles. The van der Waals surface area contributed by atoms with Crippen LogP contribution in [0.2, 0.25) is 0 Å². The van der Waals surface area contributed by atoms with E-state index in [1.807, 2.05) is 50.2 Å². The number of anilines is 1. The minimum Gasteiger partial charge on any atom is -0.468 e. The van der Waals surface area contributed by atoms with Crippen LogP contribution in [0.5, 0.6) is 0 Å². The Morgan fingerprint density at radius 2 is 2.19 bits per heavy atom. The van der Waals surface area contributed by atoms with E-state index in [1.165, 1.54) is 6.33 Å². The van der Waals surface area contributed by atoms with Gasteiger partial charge in [-0.25, -0.2) is 9.48 Å². The van der Waals surface area contributed by atoms with E-state index in [0.29, 0.717) is 12.2 Å². The predicted molar refractivity (Wildman–Crippen MR) is 96.0 cm³/mol. The fourth-order valence-corrected chi connectivity index (χ4v) is 2.65. The maximum Gasteiger partial charge on any atom is 0.319 e. The molecule has 26 heavy (non-hydrogen) atoms. The molecular formula is C17H21N7O2. The highest BCUT2D eigenvalue weighted by molar-refractivity contribution is 5.89. The van der Waals surface area contributed by atoms with Gasteiger partial charge in [-0.3, -0.25) is 4.90 Å². The van der Waals surface area contributed by atoms with E-state index >= 15 is 0 Å². The number of urea groups is 1. The third kappa shape index (κ3) is 4.06. The van der Waals surface area contributed by atoms with Crippen molar-refractivity contribution in [1.29, 1.82) is 0 Å². The molecule has 9 heteroatoms. The number of nitrogens with one attached hydrogen (secondary N) is 2. The Bertz CT molecular complexity index is 844. The van der Waals surface area contributed by atoms with Gasteiger partial charge in [0.05, 0.1) is 18.0 Å². The molecule has 0 fully saturated rings. The van der Waals surface area contributed by atoms with Crippen molar-refractivity contribution in [2.45, 2.75) is 13.0 Å². The summed E-state index contributed by atoms with van der Waals surface area (Å²) in [5, 5.41) is 16.8. The van der Waals surface area contributed by atoms with Crippen LogP contribution in [0, 0.1) is 6.92 Å². The first-order chi connectivity index (χ1) is 12.5. The molecule has 2 N–H and O–H groups in total. The van der Waals surface area contributed by atoms with Gasteiger partial charge in [0, 0.05) is 12.2 Å². The summed E-state index contributed by atoms with van der Waals surface area (Å²) in [7, 11) is 3.88. The molecule has 3 rings (SSSR count). The molecule has 0 aliphatic heterocycles. The van der Waals surface area contributed by atoms with Crippen LogP contribution in [0.1, 0.15) is 17.4 Å². The highest BCUT2D eigenvalue weighted by atomic mass is 16.3. The second kappa shape index (κ2) is 7.79. The number of aromatic nitrogens is 4. The number of amides is 2. The Kier molecular flexibility index (Phi) is 5.28. The Hall–Kier alpha value is -3.20. The molecule has 0 spiro atoms. The van der Waals surface area contributed by atoms with Crippen LogP contribution in [-0.2, 0) is 0 Å². The summed E-state index contributed by atoms with van der Waals surface area (Å²) in [6, 6.07) is 8.93. The SMILES string of the molecule is Cc1cc(NC(=O)NCC(c2ccco2)N(C)C)ccc1-n1cnnn1. The van der Waals surface area contributed by atoms with Gasteiger partial charge < -0.3 is 15.1 Å². The Morgan fingerprint density at radius 3 is 2.81 bits per heavy atom. The van der Waals surface area contributed by atoms with Gasteiger partial charge in [0.1, 0.15) is 12.1 Å². The zero-order valence-electron chi connectivity index (χ0n) is 14.9. The molecule has 0 radical (unpaired) electrons. The van der Waals surface area contributed by atoms with Gasteiger partial charge in [0.15, 0.2) is 0 Å². The molecule has 0 saturated carbocycles. The normalized spacial score (nSPS) is 12.2. The first-order valence-corrected chi connectivity index (χ1v) is 8.13. The van der Waals surface area contributed by atoms with Crippen molar-refractivity contribution in [2.24, 2.45) is 0 Å². The summed E-state index contributed by atoms with van der Waals surface area (Å²) in [6.07, 6.45) is 3.15. The molecular weight excluding hydrogens is 334 g/mol. The molecule has 1 aromatic carbocycles. The van der Waals surface area contributed by atoms with Gasteiger partial charge in [0.25, 0.3) is 0 Å².